The molecule has 2 aromatic rings. The molecule has 4 nitrogen and oxygen atoms in total. The number of aromatic amines is 1. The molecule has 0 unspecified atom stereocenters. The van der Waals surface area contributed by atoms with Gasteiger partial charge in [-0.15, -0.1) is 0 Å². The van der Waals surface area contributed by atoms with Crippen LogP contribution < -0.4 is 10.9 Å². The van der Waals surface area contributed by atoms with Gasteiger partial charge < -0.3 is 15.0 Å². The molecule has 2 N–H and O–H groups in total. The molecule has 3 rings (SSSR count). The van der Waals surface area contributed by atoms with Gasteiger partial charge in [-0.3, -0.25) is 4.79 Å². The summed E-state index contributed by atoms with van der Waals surface area (Å²) in [5.74, 6) is 0. The van der Waals surface area contributed by atoms with Crippen molar-refractivity contribution < 1.29 is 4.74 Å². The van der Waals surface area contributed by atoms with Crippen molar-refractivity contribution in [1.29, 1.82) is 0 Å². The molecule has 0 amide bonds. The zero-order chi connectivity index (χ0) is 13.8. The van der Waals surface area contributed by atoms with E-state index in [1.165, 1.54) is 6.42 Å². The normalized spacial score (nSPS) is 18.7. The van der Waals surface area contributed by atoms with Crippen LogP contribution in [0.4, 0.5) is 0 Å². The molecular formula is C16H20N2O2. The summed E-state index contributed by atoms with van der Waals surface area (Å²) in [6.07, 6.45) is 3.76. The Morgan fingerprint density at radius 3 is 3.10 bits per heavy atom. The average molecular weight is 272 g/mol. The molecule has 0 saturated carbocycles. The van der Waals surface area contributed by atoms with E-state index in [2.05, 4.69) is 10.3 Å². The van der Waals surface area contributed by atoms with Gasteiger partial charge in [0.15, 0.2) is 0 Å². The van der Waals surface area contributed by atoms with Gasteiger partial charge in [0, 0.05) is 24.2 Å². The average Bonchev–Trinajstić information content (AvgIpc) is 2.97. The summed E-state index contributed by atoms with van der Waals surface area (Å²) < 4.78 is 5.58. The Morgan fingerprint density at radius 1 is 1.35 bits per heavy atom. The van der Waals surface area contributed by atoms with Gasteiger partial charge in [-0.1, -0.05) is 18.2 Å². The molecule has 20 heavy (non-hydrogen) atoms. The van der Waals surface area contributed by atoms with E-state index in [1.54, 1.807) is 0 Å². The van der Waals surface area contributed by atoms with Gasteiger partial charge >= 0.3 is 0 Å². The molecule has 1 aliphatic heterocycles. The van der Waals surface area contributed by atoms with Gasteiger partial charge in [0.05, 0.1) is 6.10 Å². The summed E-state index contributed by atoms with van der Waals surface area (Å²) in [6.45, 7) is 2.39. The lowest BCUT2D eigenvalue weighted by molar-refractivity contribution is 0.104. The maximum absolute atomic E-state index is 12.0. The zero-order valence-electron chi connectivity index (χ0n) is 11.5. The number of ether oxygens (including phenoxy) is 1. The molecule has 106 valence electrons. The summed E-state index contributed by atoms with van der Waals surface area (Å²) in [7, 11) is 0. The Kier molecular flexibility index (Phi) is 4.14. The Morgan fingerprint density at radius 2 is 2.25 bits per heavy atom. The smallest absolute Gasteiger partial charge is 0.252 e. The monoisotopic (exact) mass is 272 g/mol. The summed E-state index contributed by atoms with van der Waals surface area (Å²) in [5, 5.41) is 4.41. The molecule has 0 radical (unpaired) electrons. The minimum atomic E-state index is -0.00619. The van der Waals surface area contributed by atoms with Crippen LogP contribution in [0, 0.1) is 0 Å². The third kappa shape index (κ3) is 3.08. The topological polar surface area (TPSA) is 54.1 Å². The van der Waals surface area contributed by atoms with E-state index < -0.39 is 0 Å². The first-order valence-electron chi connectivity index (χ1n) is 7.26. The summed E-state index contributed by atoms with van der Waals surface area (Å²) in [4.78, 5) is 14.9. The van der Waals surface area contributed by atoms with Crippen molar-refractivity contribution in [3.05, 3.63) is 46.2 Å². The van der Waals surface area contributed by atoms with Gasteiger partial charge in [0.1, 0.15) is 0 Å². The summed E-state index contributed by atoms with van der Waals surface area (Å²) >= 11 is 0. The van der Waals surface area contributed by atoms with E-state index >= 15 is 0 Å². The lowest BCUT2D eigenvalue weighted by Crippen LogP contribution is -2.24. The number of hydrogen-bond acceptors (Lipinski definition) is 3. The van der Waals surface area contributed by atoms with Crippen molar-refractivity contribution in [2.75, 3.05) is 13.2 Å². The van der Waals surface area contributed by atoms with E-state index in [4.69, 9.17) is 4.74 Å². The number of fused-ring (bicyclic) bond motifs is 1. The van der Waals surface area contributed by atoms with Gasteiger partial charge in [0.2, 0.25) is 0 Å². The first-order valence-corrected chi connectivity index (χ1v) is 7.26. The zero-order valence-corrected chi connectivity index (χ0v) is 11.5. The van der Waals surface area contributed by atoms with Crippen molar-refractivity contribution in [3.8, 4) is 0 Å². The number of para-hydroxylation sites is 1. The van der Waals surface area contributed by atoms with Crippen molar-refractivity contribution in [2.45, 2.75) is 31.9 Å². The van der Waals surface area contributed by atoms with Crippen molar-refractivity contribution in [2.24, 2.45) is 0 Å². The Labute approximate surface area is 118 Å². The summed E-state index contributed by atoms with van der Waals surface area (Å²) in [5.41, 5.74) is 1.67. The van der Waals surface area contributed by atoms with Crippen molar-refractivity contribution >= 4 is 10.9 Å². The maximum atomic E-state index is 12.0. The SMILES string of the molecule is O=c1[nH]c2ccccc2cc1CNCC[C@@H]1CCCO1. The predicted molar refractivity (Wildman–Crippen MR) is 79.9 cm³/mol. The second-order valence-electron chi connectivity index (χ2n) is 5.31. The van der Waals surface area contributed by atoms with E-state index in [1.807, 2.05) is 30.3 Å². The molecule has 2 heterocycles. The lowest BCUT2D eigenvalue weighted by atomic mass is 10.1. The fourth-order valence-corrected chi connectivity index (χ4v) is 2.68. The number of nitrogens with one attached hydrogen (secondary N) is 2. The molecular weight excluding hydrogens is 252 g/mol. The fourth-order valence-electron chi connectivity index (χ4n) is 2.68. The van der Waals surface area contributed by atoms with Crippen LogP contribution in [0.25, 0.3) is 10.9 Å². The van der Waals surface area contributed by atoms with Crippen LogP contribution in [0.15, 0.2) is 35.1 Å². The van der Waals surface area contributed by atoms with Crippen LogP contribution in [-0.2, 0) is 11.3 Å². The minimum Gasteiger partial charge on any atom is -0.378 e. The molecule has 1 fully saturated rings. The van der Waals surface area contributed by atoms with Crippen LogP contribution in [0.3, 0.4) is 0 Å². The molecule has 0 spiro atoms. The highest BCUT2D eigenvalue weighted by molar-refractivity contribution is 5.78. The first-order chi connectivity index (χ1) is 9.83. The van der Waals surface area contributed by atoms with E-state index in [0.29, 0.717) is 12.6 Å². The van der Waals surface area contributed by atoms with Crippen molar-refractivity contribution in [3.63, 3.8) is 0 Å². The number of hydrogen-bond donors (Lipinski definition) is 2. The lowest BCUT2D eigenvalue weighted by Gasteiger charge is -2.10. The summed E-state index contributed by atoms with van der Waals surface area (Å²) in [6, 6.07) is 9.81. The fraction of sp³-hybridized carbons (Fsp3) is 0.438. The second kappa shape index (κ2) is 6.20. The number of H-pyrrole nitrogens is 1. The number of rotatable bonds is 5. The molecule has 0 bridgehead atoms. The Hall–Kier alpha value is -1.65. The predicted octanol–water partition coefficient (Wildman–Crippen LogP) is 2.19. The standard InChI is InChI=1S/C16H20N2O2/c19-16-13(10-12-4-1-2-6-15(12)18-16)11-17-8-7-14-5-3-9-20-14/h1-2,4,6,10,14,17H,3,5,7-9,11H2,(H,18,19)/t14-/m0/s1. The van der Waals surface area contributed by atoms with E-state index in [9.17, 15) is 4.79 Å². The van der Waals surface area contributed by atoms with Gasteiger partial charge in [-0.2, -0.15) is 0 Å². The molecule has 1 aromatic carbocycles. The molecule has 1 aromatic heterocycles. The molecule has 1 atom stereocenters. The van der Waals surface area contributed by atoms with E-state index in [0.717, 1.165) is 42.5 Å². The molecule has 1 saturated heterocycles. The third-order valence-corrected chi connectivity index (χ3v) is 3.81. The first kappa shape index (κ1) is 13.3. The third-order valence-electron chi connectivity index (χ3n) is 3.81. The number of aromatic nitrogens is 1. The highest BCUT2D eigenvalue weighted by atomic mass is 16.5. The van der Waals surface area contributed by atoms with Crippen LogP contribution in [0.1, 0.15) is 24.8 Å². The van der Waals surface area contributed by atoms with Crippen LogP contribution in [0.2, 0.25) is 0 Å². The highest BCUT2D eigenvalue weighted by Crippen LogP contribution is 2.14. The highest BCUT2D eigenvalue weighted by Gasteiger charge is 2.14. The number of benzene rings is 1. The minimum absolute atomic E-state index is 0.00619. The Bertz CT molecular complexity index is 630. The van der Waals surface area contributed by atoms with Crippen LogP contribution >= 0.6 is 0 Å². The molecule has 4 heteroatoms. The largest absolute Gasteiger partial charge is 0.378 e. The molecule has 1 aliphatic rings. The van der Waals surface area contributed by atoms with Gasteiger partial charge in [0.25, 0.3) is 5.56 Å². The number of pyridine rings is 1. The van der Waals surface area contributed by atoms with Gasteiger partial charge in [-0.05, 0) is 43.3 Å². The van der Waals surface area contributed by atoms with Crippen molar-refractivity contribution in [1.82, 2.24) is 10.3 Å². The van der Waals surface area contributed by atoms with Crippen LogP contribution in [0.5, 0.6) is 0 Å². The molecule has 0 aliphatic carbocycles. The quantitative estimate of drug-likeness (QED) is 0.820. The van der Waals surface area contributed by atoms with E-state index in [-0.39, 0.29) is 5.56 Å². The van der Waals surface area contributed by atoms with Gasteiger partial charge in [-0.25, -0.2) is 0 Å². The Balaban J connectivity index is 1.59. The van der Waals surface area contributed by atoms with Crippen LogP contribution in [-0.4, -0.2) is 24.2 Å². The maximum Gasteiger partial charge on any atom is 0.252 e. The second-order valence-corrected chi connectivity index (χ2v) is 5.31.